The molecule has 1 aromatic carbocycles. The Labute approximate surface area is 155 Å². The topological polar surface area (TPSA) is 60.9 Å². The summed E-state index contributed by atoms with van der Waals surface area (Å²) in [6.07, 6.45) is 7.63. The minimum Gasteiger partial charge on any atom is -0.322 e. The number of hydrogen-bond donors (Lipinski definition) is 0. The van der Waals surface area contributed by atoms with Crippen LogP contribution in [0.15, 0.2) is 18.2 Å². The van der Waals surface area contributed by atoms with Gasteiger partial charge in [0.1, 0.15) is 0 Å². The van der Waals surface area contributed by atoms with Crippen molar-refractivity contribution in [1.82, 2.24) is 9.21 Å². The second-order valence-corrected chi connectivity index (χ2v) is 9.85. The smallest absolute Gasteiger partial charge is 0.322 e. The van der Waals surface area contributed by atoms with Crippen LogP contribution >= 0.6 is 0 Å². The number of amides is 2. The van der Waals surface area contributed by atoms with Gasteiger partial charge in [-0.25, -0.2) is 13.2 Å². The lowest BCUT2D eigenvalue weighted by atomic mass is 9.89. The molecular formula is C19H27N3O3S. The molecule has 0 N–H and O–H groups in total. The molecule has 1 saturated carbocycles. The summed E-state index contributed by atoms with van der Waals surface area (Å²) in [4.78, 5) is 16.7. The van der Waals surface area contributed by atoms with Gasteiger partial charge >= 0.3 is 6.03 Å². The normalized spacial score (nSPS) is 22.3. The van der Waals surface area contributed by atoms with Crippen LogP contribution in [0.3, 0.4) is 0 Å². The molecule has 2 fully saturated rings. The van der Waals surface area contributed by atoms with Gasteiger partial charge in [0.2, 0.25) is 10.0 Å². The molecule has 0 bridgehead atoms. The van der Waals surface area contributed by atoms with Crippen LogP contribution in [0.1, 0.15) is 43.2 Å². The third-order valence-corrected chi connectivity index (χ3v) is 7.16. The van der Waals surface area contributed by atoms with Crippen LogP contribution in [-0.2, 0) is 23.1 Å². The molecular weight excluding hydrogens is 350 g/mol. The van der Waals surface area contributed by atoms with Crippen LogP contribution < -0.4 is 4.90 Å². The fourth-order valence-corrected chi connectivity index (χ4v) is 5.17. The van der Waals surface area contributed by atoms with E-state index in [1.54, 1.807) is 0 Å². The van der Waals surface area contributed by atoms with Crippen LogP contribution in [-0.4, -0.2) is 49.5 Å². The zero-order valence-corrected chi connectivity index (χ0v) is 16.2. The zero-order chi connectivity index (χ0) is 18.3. The average Bonchev–Trinajstić information content (AvgIpc) is 3.19. The van der Waals surface area contributed by atoms with Gasteiger partial charge in [-0.05, 0) is 42.0 Å². The molecule has 2 heterocycles. The Morgan fingerprint density at radius 3 is 2.50 bits per heavy atom. The highest BCUT2D eigenvalue weighted by Gasteiger charge is 2.33. The van der Waals surface area contributed by atoms with Gasteiger partial charge in [-0.2, -0.15) is 4.31 Å². The SMILES string of the molecule is CS(=O)(=O)N1Cc2ccc(N3CCN(CC4CCCCC4)C3=O)cc2C1. The number of fused-ring (bicyclic) bond motifs is 1. The van der Waals surface area contributed by atoms with E-state index in [4.69, 9.17) is 0 Å². The van der Waals surface area contributed by atoms with Gasteiger partial charge in [0.25, 0.3) is 0 Å². The molecule has 2 amide bonds. The Morgan fingerprint density at radius 2 is 1.77 bits per heavy atom. The van der Waals surface area contributed by atoms with Crippen molar-refractivity contribution in [2.24, 2.45) is 5.92 Å². The molecule has 0 aromatic heterocycles. The van der Waals surface area contributed by atoms with Crippen molar-refractivity contribution in [3.05, 3.63) is 29.3 Å². The number of benzene rings is 1. The number of hydrogen-bond acceptors (Lipinski definition) is 3. The van der Waals surface area contributed by atoms with E-state index >= 15 is 0 Å². The van der Waals surface area contributed by atoms with Gasteiger partial charge in [0, 0.05) is 38.4 Å². The quantitative estimate of drug-likeness (QED) is 0.811. The van der Waals surface area contributed by atoms with Gasteiger partial charge < -0.3 is 4.90 Å². The maximum Gasteiger partial charge on any atom is 0.324 e. The molecule has 2 aliphatic heterocycles. The van der Waals surface area contributed by atoms with E-state index in [-0.39, 0.29) is 6.03 Å². The van der Waals surface area contributed by atoms with E-state index < -0.39 is 10.0 Å². The summed E-state index contributed by atoms with van der Waals surface area (Å²) in [5, 5.41) is 0. The van der Waals surface area contributed by atoms with Crippen LogP contribution in [0, 0.1) is 5.92 Å². The lowest BCUT2D eigenvalue weighted by Gasteiger charge is -2.27. The van der Waals surface area contributed by atoms with Gasteiger partial charge in [-0.3, -0.25) is 4.90 Å². The standard InChI is InChI=1S/C19H27N3O3S/c1-26(24,25)21-13-16-7-8-18(11-17(16)14-21)22-10-9-20(19(22)23)12-15-5-3-2-4-6-15/h7-8,11,15H,2-6,9-10,12-14H2,1H3. The zero-order valence-electron chi connectivity index (χ0n) is 15.4. The van der Waals surface area contributed by atoms with Gasteiger partial charge in [-0.1, -0.05) is 25.3 Å². The van der Waals surface area contributed by atoms with Gasteiger partial charge in [0.15, 0.2) is 0 Å². The summed E-state index contributed by atoms with van der Waals surface area (Å²) in [6.45, 7) is 3.19. The number of nitrogens with zero attached hydrogens (tertiary/aromatic N) is 3. The second-order valence-electron chi connectivity index (χ2n) is 7.87. The molecule has 26 heavy (non-hydrogen) atoms. The van der Waals surface area contributed by atoms with E-state index in [2.05, 4.69) is 0 Å². The lowest BCUT2D eigenvalue weighted by Crippen LogP contribution is -2.35. The molecule has 0 spiro atoms. The van der Waals surface area contributed by atoms with Crippen molar-refractivity contribution in [3.63, 3.8) is 0 Å². The highest BCUT2D eigenvalue weighted by molar-refractivity contribution is 7.88. The van der Waals surface area contributed by atoms with Gasteiger partial charge in [-0.15, -0.1) is 0 Å². The molecule has 0 unspecified atom stereocenters. The molecule has 6 nitrogen and oxygen atoms in total. The molecule has 3 aliphatic rings. The van der Waals surface area contributed by atoms with Crippen LogP contribution in [0.2, 0.25) is 0 Å². The van der Waals surface area contributed by atoms with Crippen LogP contribution in [0.5, 0.6) is 0 Å². The molecule has 1 aliphatic carbocycles. The minimum absolute atomic E-state index is 0.0912. The van der Waals surface area contributed by atoms with Crippen molar-refractivity contribution in [1.29, 1.82) is 0 Å². The average molecular weight is 378 g/mol. The monoisotopic (exact) mass is 377 g/mol. The molecule has 7 heteroatoms. The summed E-state index contributed by atoms with van der Waals surface area (Å²) < 4.78 is 25.0. The number of carbonyl (C=O) groups excluding carboxylic acids is 1. The number of anilines is 1. The Bertz CT molecular complexity index is 802. The molecule has 1 saturated heterocycles. The number of rotatable bonds is 4. The van der Waals surface area contributed by atoms with Crippen LogP contribution in [0.25, 0.3) is 0 Å². The van der Waals surface area contributed by atoms with Gasteiger partial charge in [0.05, 0.1) is 6.26 Å². The first-order valence-electron chi connectivity index (χ1n) is 9.55. The lowest BCUT2D eigenvalue weighted by molar-refractivity contribution is 0.202. The summed E-state index contributed by atoms with van der Waals surface area (Å²) >= 11 is 0. The summed E-state index contributed by atoms with van der Waals surface area (Å²) in [6, 6.07) is 6.00. The maximum atomic E-state index is 12.8. The third-order valence-electron chi connectivity index (χ3n) is 5.96. The van der Waals surface area contributed by atoms with Crippen LogP contribution in [0.4, 0.5) is 10.5 Å². The minimum atomic E-state index is -3.19. The van der Waals surface area contributed by atoms with E-state index in [0.717, 1.165) is 29.9 Å². The first-order valence-corrected chi connectivity index (χ1v) is 11.4. The van der Waals surface area contributed by atoms with E-state index in [0.29, 0.717) is 25.6 Å². The Hall–Kier alpha value is -1.60. The summed E-state index contributed by atoms with van der Waals surface area (Å²) in [7, 11) is -3.19. The first-order chi connectivity index (χ1) is 12.4. The van der Waals surface area contributed by atoms with Crippen molar-refractivity contribution >= 4 is 21.7 Å². The first kappa shape index (κ1) is 17.8. The maximum absolute atomic E-state index is 12.8. The number of carbonyl (C=O) groups is 1. The number of sulfonamides is 1. The predicted octanol–water partition coefficient (Wildman–Crippen LogP) is 2.78. The molecule has 0 atom stereocenters. The number of urea groups is 1. The van der Waals surface area contributed by atoms with Crippen molar-refractivity contribution in [3.8, 4) is 0 Å². The Kier molecular flexibility index (Phi) is 4.69. The largest absolute Gasteiger partial charge is 0.324 e. The van der Waals surface area contributed by atoms with Crippen molar-refractivity contribution in [2.75, 3.05) is 30.8 Å². The molecule has 1 aromatic rings. The second kappa shape index (κ2) is 6.85. The Balaban J connectivity index is 1.45. The predicted molar refractivity (Wildman–Crippen MR) is 101 cm³/mol. The van der Waals surface area contributed by atoms with E-state index in [1.807, 2.05) is 28.0 Å². The highest BCUT2D eigenvalue weighted by atomic mass is 32.2. The molecule has 4 rings (SSSR count). The fraction of sp³-hybridized carbons (Fsp3) is 0.632. The molecule has 0 radical (unpaired) electrons. The summed E-state index contributed by atoms with van der Waals surface area (Å²) in [5.74, 6) is 0.649. The third kappa shape index (κ3) is 3.47. The van der Waals surface area contributed by atoms with E-state index in [1.165, 1.54) is 42.7 Å². The van der Waals surface area contributed by atoms with Crippen molar-refractivity contribution < 1.29 is 13.2 Å². The Morgan fingerprint density at radius 1 is 1.04 bits per heavy atom. The van der Waals surface area contributed by atoms with Crippen molar-refractivity contribution in [2.45, 2.75) is 45.2 Å². The highest BCUT2D eigenvalue weighted by Crippen LogP contribution is 2.31. The summed E-state index contributed by atoms with van der Waals surface area (Å²) in [5.41, 5.74) is 2.92. The fourth-order valence-electron chi connectivity index (χ4n) is 4.43. The molecule has 142 valence electrons. The van der Waals surface area contributed by atoms with E-state index in [9.17, 15) is 13.2 Å².